The summed E-state index contributed by atoms with van der Waals surface area (Å²) in [6, 6.07) is 55.3. The summed E-state index contributed by atoms with van der Waals surface area (Å²) >= 11 is 0. The van der Waals surface area contributed by atoms with Crippen molar-refractivity contribution < 1.29 is 0 Å². The highest BCUT2D eigenvalue weighted by atomic mass is 15.0. The van der Waals surface area contributed by atoms with Crippen LogP contribution in [0.1, 0.15) is 18.4 Å². The Morgan fingerprint density at radius 3 is 2.18 bits per heavy atom. The summed E-state index contributed by atoms with van der Waals surface area (Å²) in [6.45, 7) is 0. The number of nitrogens with one attached hydrogen (secondary N) is 1. The maximum atomic E-state index is 7.17. The van der Waals surface area contributed by atoms with E-state index in [-0.39, 0.29) is 18.0 Å². The first-order valence-corrected chi connectivity index (χ1v) is 20.3. The number of hydrogen-bond acceptors (Lipinski definition) is 2. The van der Waals surface area contributed by atoms with Gasteiger partial charge in [0.25, 0.3) is 0 Å². The summed E-state index contributed by atoms with van der Waals surface area (Å²) < 4.78 is 2.50. The molecule has 57 heavy (non-hydrogen) atoms. The molecule has 8 aromatic carbocycles. The van der Waals surface area contributed by atoms with Crippen molar-refractivity contribution in [1.29, 1.82) is 0 Å². The lowest BCUT2D eigenvalue weighted by Gasteiger charge is -2.29. The number of benzene rings is 8. The van der Waals surface area contributed by atoms with E-state index in [0.29, 0.717) is 0 Å². The van der Waals surface area contributed by atoms with E-state index in [2.05, 4.69) is 198 Å². The van der Waals surface area contributed by atoms with Gasteiger partial charge in [-0.1, -0.05) is 176 Å². The topological polar surface area (TPSA) is 43.0 Å². The Balaban J connectivity index is 0.963. The predicted octanol–water partition coefficient (Wildman–Crippen LogP) is 11.1. The van der Waals surface area contributed by atoms with Crippen LogP contribution in [0, 0.1) is 11.8 Å². The summed E-state index contributed by atoms with van der Waals surface area (Å²) in [6.07, 6.45) is 16.6. The minimum Gasteiger partial charge on any atom is -0.373 e. The van der Waals surface area contributed by atoms with Gasteiger partial charge in [-0.2, -0.15) is 0 Å². The first kappa shape index (κ1) is 33.6. The van der Waals surface area contributed by atoms with Crippen LogP contribution in [0.15, 0.2) is 182 Å². The summed E-state index contributed by atoms with van der Waals surface area (Å²) in [5.74, 6) is 0.356. The van der Waals surface area contributed by atoms with Crippen LogP contribution in [0.4, 0.5) is 0 Å². The molecule has 0 aliphatic heterocycles. The van der Waals surface area contributed by atoms with Gasteiger partial charge in [-0.15, -0.1) is 0 Å². The second kappa shape index (κ2) is 13.8. The van der Waals surface area contributed by atoms with Crippen LogP contribution in [0.2, 0.25) is 0 Å². The number of aromatic nitrogens is 1. The molecule has 0 amide bonds. The average molecular weight is 734 g/mol. The molecular weight excluding hydrogens is 691 g/mol. The number of nitrogens with two attached hydrogens (primary N) is 1. The quantitative estimate of drug-likeness (QED) is 0.127. The number of nitrogens with zero attached hydrogens (tertiary/aromatic N) is 1. The van der Waals surface area contributed by atoms with Crippen LogP contribution in [-0.2, 0) is 6.42 Å². The summed E-state index contributed by atoms with van der Waals surface area (Å²) in [7, 11) is 0. The molecule has 2 aliphatic carbocycles. The summed E-state index contributed by atoms with van der Waals surface area (Å²) in [4.78, 5) is 0. The molecule has 2 aliphatic rings. The standard InChI is InChI=1S/C54H43N3/c55-54(56-49(42-25-24-37-12-2-4-15-41(37)34-42)32-22-35-21-23-36-11-1-3-14-40(36)33-35)39-26-29-43(30-27-39)57-50-20-10-9-19-48(50)52-51-44-16-6-5-13-38(44)28-31-46(51)45-17-7-8-18-47(45)53(52)57/h1-21,23-24,26,28-34,39,42,54,56H,22,25,27,55H2/b49-32-. The number of rotatable bonds is 7. The summed E-state index contributed by atoms with van der Waals surface area (Å²) in [5.41, 5.74) is 13.3. The van der Waals surface area contributed by atoms with Crippen molar-refractivity contribution in [1.82, 2.24) is 9.88 Å². The van der Waals surface area contributed by atoms with Crippen LogP contribution in [-0.4, -0.2) is 10.7 Å². The zero-order valence-corrected chi connectivity index (χ0v) is 31.8. The fourth-order valence-corrected chi connectivity index (χ4v) is 9.58. The molecule has 1 heterocycles. The number of hydrogen-bond donors (Lipinski definition) is 2. The molecule has 0 fully saturated rings. The normalized spacial score (nSPS) is 17.5. The van der Waals surface area contributed by atoms with Gasteiger partial charge in [0.2, 0.25) is 0 Å². The van der Waals surface area contributed by atoms with E-state index in [0.717, 1.165) is 19.3 Å². The fraction of sp³-hybridized carbons (Fsp3) is 0.111. The van der Waals surface area contributed by atoms with Crippen molar-refractivity contribution in [3.63, 3.8) is 0 Å². The van der Waals surface area contributed by atoms with Gasteiger partial charge < -0.3 is 15.6 Å². The second-order valence-electron chi connectivity index (χ2n) is 15.8. The first-order chi connectivity index (χ1) is 28.2. The van der Waals surface area contributed by atoms with Gasteiger partial charge in [0.1, 0.15) is 0 Å². The van der Waals surface area contributed by atoms with Crippen LogP contribution in [0.3, 0.4) is 0 Å². The average Bonchev–Trinajstić information content (AvgIpc) is 3.63. The van der Waals surface area contributed by atoms with E-state index in [4.69, 9.17) is 5.73 Å². The van der Waals surface area contributed by atoms with Crippen molar-refractivity contribution >= 4 is 82.7 Å². The van der Waals surface area contributed by atoms with E-state index in [9.17, 15) is 0 Å². The molecule has 3 nitrogen and oxygen atoms in total. The van der Waals surface area contributed by atoms with Crippen LogP contribution >= 0.6 is 0 Å². The first-order valence-electron chi connectivity index (χ1n) is 20.3. The third kappa shape index (κ3) is 5.77. The lowest BCUT2D eigenvalue weighted by molar-refractivity contribution is 0.437. The second-order valence-corrected chi connectivity index (χ2v) is 15.8. The molecule has 1 aromatic heterocycles. The molecule has 0 saturated heterocycles. The van der Waals surface area contributed by atoms with Gasteiger partial charge in [0.05, 0.1) is 17.2 Å². The SMILES string of the molecule is NC(N/C(=C\Cc1ccc2ccccc2c1)C1C=c2ccccc2=CC1)C1C=CC(n2c3ccccc3c3c4c5ccccc5ccc4c4ccccc4c32)=CC1. The van der Waals surface area contributed by atoms with E-state index >= 15 is 0 Å². The van der Waals surface area contributed by atoms with E-state index in [1.165, 1.54) is 92.3 Å². The third-order valence-corrected chi connectivity index (χ3v) is 12.4. The zero-order valence-electron chi connectivity index (χ0n) is 31.8. The number of fused-ring (bicyclic) bond motifs is 12. The smallest absolute Gasteiger partial charge is 0.0807 e. The molecule has 3 atom stereocenters. The number of para-hydroxylation sites is 1. The van der Waals surface area contributed by atoms with Gasteiger partial charge in [0.15, 0.2) is 0 Å². The lowest BCUT2D eigenvalue weighted by Crippen LogP contribution is -2.44. The van der Waals surface area contributed by atoms with Crippen molar-refractivity contribution in [2.24, 2.45) is 17.6 Å². The molecule has 0 spiro atoms. The highest BCUT2D eigenvalue weighted by Crippen LogP contribution is 2.45. The van der Waals surface area contributed by atoms with Gasteiger partial charge in [-0.05, 0) is 79.7 Å². The molecule has 3 heteroatoms. The molecule has 0 saturated carbocycles. The molecule has 0 bridgehead atoms. The monoisotopic (exact) mass is 733 g/mol. The highest BCUT2D eigenvalue weighted by Gasteiger charge is 2.24. The maximum absolute atomic E-state index is 7.17. The van der Waals surface area contributed by atoms with Crippen LogP contribution in [0.5, 0.6) is 0 Å². The highest BCUT2D eigenvalue weighted by molar-refractivity contribution is 6.37. The Bertz CT molecular complexity index is 3290. The van der Waals surface area contributed by atoms with Crippen molar-refractivity contribution in [3.8, 4) is 0 Å². The fourth-order valence-electron chi connectivity index (χ4n) is 9.58. The minimum atomic E-state index is -0.248. The molecule has 11 rings (SSSR count). The van der Waals surface area contributed by atoms with E-state index < -0.39 is 0 Å². The van der Waals surface area contributed by atoms with Gasteiger partial charge in [0, 0.05) is 44.8 Å². The van der Waals surface area contributed by atoms with E-state index in [1.54, 1.807) is 0 Å². The Hall–Kier alpha value is -6.68. The van der Waals surface area contributed by atoms with E-state index in [1.807, 2.05) is 0 Å². The van der Waals surface area contributed by atoms with Crippen molar-refractivity contribution in [2.45, 2.75) is 25.4 Å². The Kier molecular flexibility index (Phi) is 8.15. The summed E-state index contributed by atoms with van der Waals surface area (Å²) in [5, 5.41) is 19.3. The third-order valence-electron chi connectivity index (χ3n) is 12.4. The Morgan fingerprint density at radius 1 is 0.632 bits per heavy atom. The van der Waals surface area contributed by atoms with Crippen LogP contribution < -0.4 is 21.5 Å². The molecule has 3 N–H and O–H groups in total. The zero-order chi connectivity index (χ0) is 37.9. The molecule has 0 radical (unpaired) electrons. The molecule has 9 aromatic rings. The minimum absolute atomic E-state index is 0.132. The predicted molar refractivity (Wildman–Crippen MR) is 243 cm³/mol. The lowest BCUT2D eigenvalue weighted by atomic mass is 9.91. The molecule has 274 valence electrons. The Morgan fingerprint density at radius 2 is 1.33 bits per heavy atom. The molecule has 3 unspecified atom stereocenters. The van der Waals surface area contributed by atoms with Crippen LogP contribution in [0.25, 0.3) is 82.7 Å². The Labute approximate surface area is 332 Å². The number of allylic oxidation sites excluding steroid dienone is 5. The van der Waals surface area contributed by atoms with Gasteiger partial charge in [-0.25, -0.2) is 0 Å². The van der Waals surface area contributed by atoms with Crippen molar-refractivity contribution in [3.05, 3.63) is 198 Å². The maximum Gasteiger partial charge on any atom is 0.0807 e. The van der Waals surface area contributed by atoms with Gasteiger partial charge in [-0.3, -0.25) is 0 Å². The van der Waals surface area contributed by atoms with Crippen molar-refractivity contribution in [2.75, 3.05) is 0 Å². The van der Waals surface area contributed by atoms with Gasteiger partial charge >= 0.3 is 0 Å². The largest absolute Gasteiger partial charge is 0.373 e. The molecular formula is C54H43N3.